The second-order valence-corrected chi connectivity index (χ2v) is 2.12. The van der Waals surface area contributed by atoms with Gasteiger partial charge in [0.25, 0.3) is 0 Å². The van der Waals surface area contributed by atoms with Crippen molar-refractivity contribution in [3.05, 3.63) is 45.8 Å². The van der Waals surface area contributed by atoms with Crippen LogP contribution in [0.4, 0.5) is 8.78 Å². The van der Waals surface area contributed by atoms with E-state index in [4.69, 9.17) is 5.53 Å². The Kier molecular flexibility index (Phi) is 2.61. The van der Waals surface area contributed by atoms with E-state index in [9.17, 15) is 8.78 Å². The van der Waals surface area contributed by atoms with Crippen molar-refractivity contribution in [1.29, 1.82) is 0 Å². The molecule has 0 heterocycles. The summed E-state index contributed by atoms with van der Waals surface area (Å²) in [5, 5.41) is 3.15. The molecule has 0 fully saturated rings. The molecule has 0 N–H and O–H groups in total. The van der Waals surface area contributed by atoms with Crippen molar-refractivity contribution in [1.82, 2.24) is 0 Å². The molecule has 1 rings (SSSR count). The molecule has 0 amide bonds. The quantitative estimate of drug-likeness (QED) is 0.371. The summed E-state index contributed by atoms with van der Waals surface area (Å²) < 4.78 is 25.1. The van der Waals surface area contributed by atoms with E-state index in [2.05, 4.69) is 10.0 Å². The molecule has 0 aliphatic carbocycles. The standard InChI is InChI=1S/C7H5F2N3/c8-6-2-1-5(4-11-12-10)7(9)3-6/h1-3H,4H2. The summed E-state index contributed by atoms with van der Waals surface area (Å²) in [6.07, 6.45) is 0. The van der Waals surface area contributed by atoms with Gasteiger partial charge in [-0.3, -0.25) is 0 Å². The highest BCUT2D eigenvalue weighted by Gasteiger charge is 2.01. The van der Waals surface area contributed by atoms with Gasteiger partial charge >= 0.3 is 0 Å². The van der Waals surface area contributed by atoms with Crippen molar-refractivity contribution in [2.45, 2.75) is 6.54 Å². The minimum atomic E-state index is -0.692. The molecule has 0 radical (unpaired) electrons. The van der Waals surface area contributed by atoms with Crippen LogP contribution in [0.25, 0.3) is 10.4 Å². The van der Waals surface area contributed by atoms with Gasteiger partial charge in [0.05, 0.1) is 6.54 Å². The third-order valence-corrected chi connectivity index (χ3v) is 1.32. The van der Waals surface area contributed by atoms with E-state index in [-0.39, 0.29) is 12.1 Å². The lowest BCUT2D eigenvalue weighted by Crippen LogP contribution is -1.88. The first-order chi connectivity index (χ1) is 5.74. The Hall–Kier alpha value is -1.61. The van der Waals surface area contributed by atoms with E-state index in [1.807, 2.05) is 0 Å². The number of hydrogen-bond donors (Lipinski definition) is 0. The minimum Gasteiger partial charge on any atom is -0.207 e. The fourth-order valence-electron chi connectivity index (χ4n) is 0.758. The summed E-state index contributed by atoms with van der Waals surface area (Å²) in [5.74, 6) is -1.33. The van der Waals surface area contributed by atoms with Gasteiger partial charge in [0.2, 0.25) is 0 Å². The molecule has 0 aliphatic heterocycles. The predicted molar refractivity (Wildman–Crippen MR) is 39.2 cm³/mol. The Bertz CT molecular complexity index is 331. The Labute approximate surface area is 67.3 Å². The summed E-state index contributed by atoms with van der Waals surface area (Å²) in [6, 6.07) is 3.12. The van der Waals surface area contributed by atoms with Crippen molar-refractivity contribution in [2.24, 2.45) is 5.11 Å². The normalized spacial score (nSPS) is 9.17. The van der Waals surface area contributed by atoms with E-state index < -0.39 is 11.6 Å². The highest BCUT2D eigenvalue weighted by molar-refractivity contribution is 5.18. The molecular formula is C7H5F2N3. The largest absolute Gasteiger partial charge is 0.207 e. The van der Waals surface area contributed by atoms with Crippen LogP contribution >= 0.6 is 0 Å². The van der Waals surface area contributed by atoms with Crippen LogP contribution in [0.5, 0.6) is 0 Å². The SMILES string of the molecule is [N-]=[N+]=NCc1ccc(F)cc1F. The van der Waals surface area contributed by atoms with Crippen molar-refractivity contribution >= 4 is 0 Å². The smallest absolute Gasteiger partial charge is 0.129 e. The molecule has 62 valence electrons. The molecule has 5 heteroatoms. The lowest BCUT2D eigenvalue weighted by atomic mass is 10.2. The number of rotatable bonds is 2. The van der Waals surface area contributed by atoms with E-state index in [0.717, 1.165) is 12.1 Å². The molecule has 0 aliphatic rings. The highest BCUT2D eigenvalue weighted by atomic mass is 19.1. The zero-order chi connectivity index (χ0) is 8.97. The van der Waals surface area contributed by atoms with Crippen LogP contribution in [0.3, 0.4) is 0 Å². The molecule has 0 saturated carbocycles. The van der Waals surface area contributed by atoms with Crippen LogP contribution in [0, 0.1) is 11.6 Å². The first kappa shape index (κ1) is 8.49. The third-order valence-electron chi connectivity index (χ3n) is 1.32. The molecule has 0 spiro atoms. The molecule has 12 heavy (non-hydrogen) atoms. The monoisotopic (exact) mass is 169 g/mol. The van der Waals surface area contributed by atoms with E-state index in [1.54, 1.807) is 0 Å². The van der Waals surface area contributed by atoms with Crippen LogP contribution in [0.2, 0.25) is 0 Å². The molecule has 1 aromatic carbocycles. The van der Waals surface area contributed by atoms with Gasteiger partial charge < -0.3 is 0 Å². The maximum atomic E-state index is 12.8. The zero-order valence-electron chi connectivity index (χ0n) is 6.04. The van der Waals surface area contributed by atoms with Gasteiger partial charge in [-0.05, 0) is 17.2 Å². The molecule has 0 unspecified atom stereocenters. The lowest BCUT2D eigenvalue weighted by Gasteiger charge is -1.96. The van der Waals surface area contributed by atoms with Crippen molar-refractivity contribution < 1.29 is 8.78 Å². The Morgan fingerprint density at radius 1 is 1.42 bits per heavy atom. The summed E-state index contributed by atoms with van der Waals surface area (Å²) >= 11 is 0. The molecular weight excluding hydrogens is 164 g/mol. The average molecular weight is 169 g/mol. The van der Waals surface area contributed by atoms with Gasteiger partial charge in [-0.15, -0.1) is 0 Å². The number of azide groups is 1. The van der Waals surface area contributed by atoms with Crippen LogP contribution in [-0.4, -0.2) is 0 Å². The van der Waals surface area contributed by atoms with Gasteiger partial charge in [0.15, 0.2) is 0 Å². The number of halogens is 2. The van der Waals surface area contributed by atoms with Gasteiger partial charge in [0, 0.05) is 11.0 Å². The summed E-state index contributed by atoms with van der Waals surface area (Å²) in [5.41, 5.74) is 8.12. The second-order valence-electron chi connectivity index (χ2n) is 2.12. The van der Waals surface area contributed by atoms with Gasteiger partial charge in [-0.1, -0.05) is 11.2 Å². The summed E-state index contributed by atoms with van der Waals surface area (Å²) in [7, 11) is 0. The van der Waals surface area contributed by atoms with Crippen LogP contribution in [0.15, 0.2) is 23.3 Å². The number of benzene rings is 1. The molecule has 3 nitrogen and oxygen atoms in total. The van der Waals surface area contributed by atoms with Crippen LogP contribution in [0.1, 0.15) is 5.56 Å². The minimum absolute atomic E-state index is 0.0946. The van der Waals surface area contributed by atoms with Crippen molar-refractivity contribution in [3.63, 3.8) is 0 Å². The highest BCUT2D eigenvalue weighted by Crippen LogP contribution is 2.10. The molecule has 0 saturated heterocycles. The van der Waals surface area contributed by atoms with Crippen LogP contribution < -0.4 is 0 Å². The molecule has 0 bridgehead atoms. The molecule has 1 aromatic rings. The summed E-state index contributed by atoms with van der Waals surface area (Å²) in [6.45, 7) is -0.0946. The van der Waals surface area contributed by atoms with Crippen LogP contribution in [-0.2, 0) is 6.54 Å². The van der Waals surface area contributed by atoms with Gasteiger partial charge in [0.1, 0.15) is 11.6 Å². The Morgan fingerprint density at radius 3 is 2.75 bits per heavy atom. The molecule has 0 aromatic heterocycles. The first-order valence-electron chi connectivity index (χ1n) is 3.19. The maximum Gasteiger partial charge on any atom is 0.129 e. The Balaban J connectivity index is 2.93. The van der Waals surface area contributed by atoms with E-state index >= 15 is 0 Å². The lowest BCUT2D eigenvalue weighted by molar-refractivity contribution is 0.572. The van der Waals surface area contributed by atoms with Gasteiger partial charge in [-0.2, -0.15) is 0 Å². The zero-order valence-corrected chi connectivity index (χ0v) is 6.04. The fraction of sp³-hybridized carbons (Fsp3) is 0.143. The topological polar surface area (TPSA) is 48.8 Å². The first-order valence-corrected chi connectivity index (χ1v) is 3.19. The van der Waals surface area contributed by atoms with E-state index in [0.29, 0.717) is 0 Å². The predicted octanol–water partition coefficient (Wildman–Crippen LogP) is 2.78. The summed E-state index contributed by atoms with van der Waals surface area (Å²) in [4.78, 5) is 2.46. The third kappa shape index (κ3) is 1.93. The van der Waals surface area contributed by atoms with Gasteiger partial charge in [-0.25, -0.2) is 8.78 Å². The number of nitrogens with zero attached hydrogens (tertiary/aromatic N) is 3. The second kappa shape index (κ2) is 3.69. The van der Waals surface area contributed by atoms with Crippen molar-refractivity contribution in [3.8, 4) is 0 Å². The fourth-order valence-corrected chi connectivity index (χ4v) is 0.758. The van der Waals surface area contributed by atoms with Crippen molar-refractivity contribution in [2.75, 3.05) is 0 Å². The Morgan fingerprint density at radius 2 is 2.17 bits per heavy atom. The average Bonchev–Trinajstić information content (AvgIpc) is 2.03. The molecule has 0 atom stereocenters. The van der Waals surface area contributed by atoms with E-state index in [1.165, 1.54) is 6.07 Å². The maximum absolute atomic E-state index is 12.8. The number of hydrogen-bond acceptors (Lipinski definition) is 1.